The lowest BCUT2D eigenvalue weighted by Gasteiger charge is -2.49. The fourth-order valence-corrected chi connectivity index (χ4v) is 2.17. The highest BCUT2D eigenvalue weighted by Gasteiger charge is 2.44. The fraction of sp³-hybridized carbons (Fsp3) is 0.900. The predicted molar refractivity (Wildman–Crippen MR) is 64.8 cm³/mol. The van der Waals surface area contributed by atoms with Gasteiger partial charge < -0.3 is 9.64 Å². The fourth-order valence-electron chi connectivity index (χ4n) is 1.37. The van der Waals surface area contributed by atoms with E-state index in [4.69, 9.17) is 4.74 Å². The Morgan fingerprint density at radius 3 is 2.43 bits per heavy atom. The number of rotatable bonds is 1. The highest BCUT2D eigenvalue weighted by molar-refractivity contribution is 14.1. The van der Waals surface area contributed by atoms with Gasteiger partial charge in [-0.25, -0.2) is 4.79 Å². The molecule has 1 aliphatic heterocycles. The lowest BCUT2D eigenvalue weighted by atomic mass is 9.90. The quantitative estimate of drug-likeness (QED) is 0.550. The number of carbonyl (C=O) groups is 1. The summed E-state index contributed by atoms with van der Waals surface area (Å²) < 4.78 is 6.28. The van der Waals surface area contributed by atoms with E-state index in [9.17, 15) is 4.79 Å². The maximum atomic E-state index is 11.7. The van der Waals surface area contributed by atoms with Crippen LogP contribution in [0.4, 0.5) is 4.79 Å². The number of ether oxygens (including phenoxy) is 1. The Kier molecular flexibility index (Phi) is 3.33. The van der Waals surface area contributed by atoms with Crippen molar-refractivity contribution in [3.63, 3.8) is 0 Å². The van der Waals surface area contributed by atoms with E-state index in [0.29, 0.717) is 0 Å². The lowest BCUT2D eigenvalue weighted by Crippen LogP contribution is -2.62. The van der Waals surface area contributed by atoms with E-state index < -0.39 is 5.60 Å². The molecule has 1 saturated heterocycles. The minimum absolute atomic E-state index is 0.0168. The Balaban J connectivity index is 2.55. The van der Waals surface area contributed by atoms with Crippen molar-refractivity contribution in [1.82, 2.24) is 4.90 Å². The first-order valence-electron chi connectivity index (χ1n) is 4.85. The van der Waals surface area contributed by atoms with Gasteiger partial charge in [-0.15, -0.1) is 0 Å². The summed E-state index contributed by atoms with van der Waals surface area (Å²) in [7, 11) is 0. The minimum atomic E-state index is -0.390. The molecule has 0 aromatic rings. The molecule has 0 radical (unpaired) electrons. The smallest absolute Gasteiger partial charge is 0.410 e. The Morgan fingerprint density at radius 1 is 1.57 bits per heavy atom. The van der Waals surface area contributed by atoms with Gasteiger partial charge in [-0.1, -0.05) is 22.6 Å². The molecule has 3 nitrogen and oxygen atoms in total. The third-order valence-electron chi connectivity index (χ3n) is 2.43. The molecule has 1 aliphatic rings. The van der Waals surface area contributed by atoms with Crippen LogP contribution in [0.3, 0.4) is 0 Å². The summed E-state index contributed by atoms with van der Waals surface area (Å²) in [4.78, 5) is 13.5. The number of carbonyl (C=O) groups excluding carboxylic acids is 1. The molecule has 0 aromatic carbocycles. The number of alkyl halides is 1. The highest BCUT2D eigenvalue weighted by Crippen LogP contribution is 2.33. The molecule has 0 bridgehead atoms. The van der Waals surface area contributed by atoms with Crippen molar-refractivity contribution in [2.45, 2.75) is 45.3 Å². The molecule has 82 valence electrons. The molecular weight excluding hydrogens is 293 g/mol. The molecule has 14 heavy (non-hydrogen) atoms. The highest BCUT2D eigenvalue weighted by atomic mass is 127. The van der Waals surface area contributed by atoms with E-state index in [1.165, 1.54) is 0 Å². The molecule has 1 unspecified atom stereocenters. The lowest BCUT2D eigenvalue weighted by molar-refractivity contribution is -0.0279. The van der Waals surface area contributed by atoms with Crippen LogP contribution >= 0.6 is 22.6 Å². The predicted octanol–water partition coefficient (Wildman–Crippen LogP) is 2.82. The molecular formula is C10H18INO2. The summed E-state index contributed by atoms with van der Waals surface area (Å²) in [6.45, 7) is 8.62. The zero-order valence-electron chi connectivity index (χ0n) is 9.26. The van der Waals surface area contributed by atoms with Crippen molar-refractivity contribution < 1.29 is 9.53 Å². The van der Waals surface area contributed by atoms with Crippen LogP contribution in [0.25, 0.3) is 0 Å². The second-order valence-corrected chi connectivity index (χ2v) is 5.78. The van der Waals surface area contributed by atoms with Crippen molar-refractivity contribution in [2.75, 3.05) is 11.0 Å². The SMILES string of the molecule is CC(C)(C)OC(=O)N1CCC1(C)CI. The number of amides is 1. The first-order valence-corrected chi connectivity index (χ1v) is 6.38. The number of hydrogen-bond donors (Lipinski definition) is 0. The average molecular weight is 311 g/mol. The second kappa shape index (κ2) is 3.87. The normalized spacial score (nSPS) is 27.1. The molecule has 0 spiro atoms. The van der Waals surface area contributed by atoms with Gasteiger partial charge in [-0.2, -0.15) is 0 Å². The van der Waals surface area contributed by atoms with Gasteiger partial charge in [-0.05, 0) is 34.1 Å². The maximum absolute atomic E-state index is 11.7. The summed E-state index contributed by atoms with van der Waals surface area (Å²) in [6.07, 6.45) is 0.901. The van der Waals surface area contributed by atoms with Crippen LogP contribution in [0.2, 0.25) is 0 Å². The topological polar surface area (TPSA) is 29.5 Å². The van der Waals surface area contributed by atoms with E-state index in [1.54, 1.807) is 0 Å². The molecule has 1 amide bonds. The van der Waals surface area contributed by atoms with Crippen LogP contribution < -0.4 is 0 Å². The van der Waals surface area contributed by atoms with Gasteiger partial charge in [0.05, 0.1) is 5.54 Å². The van der Waals surface area contributed by atoms with Crippen LogP contribution in [0, 0.1) is 0 Å². The molecule has 1 fully saturated rings. The first-order chi connectivity index (χ1) is 6.28. The third-order valence-corrected chi connectivity index (χ3v) is 4.07. The standard InChI is InChI=1S/C10H18INO2/c1-9(2,3)14-8(13)12-6-5-10(12,4)7-11/h5-7H2,1-4H3. The van der Waals surface area contributed by atoms with Gasteiger partial charge in [0.15, 0.2) is 0 Å². The molecule has 0 aromatic heterocycles. The second-order valence-electron chi connectivity index (χ2n) is 5.01. The summed E-state index contributed by atoms with van der Waals surface area (Å²) >= 11 is 2.32. The molecule has 0 N–H and O–H groups in total. The summed E-state index contributed by atoms with van der Waals surface area (Å²) in [5.74, 6) is 0. The Bertz CT molecular complexity index is 233. The summed E-state index contributed by atoms with van der Waals surface area (Å²) in [5, 5.41) is 0. The molecule has 1 rings (SSSR count). The third kappa shape index (κ3) is 2.52. The largest absolute Gasteiger partial charge is 0.444 e. The summed E-state index contributed by atoms with van der Waals surface area (Å²) in [5.41, 5.74) is -0.373. The van der Waals surface area contributed by atoms with Gasteiger partial charge >= 0.3 is 6.09 Å². The monoisotopic (exact) mass is 311 g/mol. The number of hydrogen-bond acceptors (Lipinski definition) is 2. The van der Waals surface area contributed by atoms with E-state index >= 15 is 0 Å². The molecule has 1 atom stereocenters. The first kappa shape index (κ1) is 12.1. The number of likely N-dealkylation sites (tertiary alicyclic amines) is 1. The van der Waals surface area contributed by atoms with Gasteiger partial charge in [0, 0.05) is 11.0 Å². The number of halogens is 1. The van der Waals surface area contributed by atoms with E-state index in [2.05, 4.69) is 29.5 Å². The number of nitrogens with zero attached hydrogens (tertiary/aromatic N) is 1. The van der Waals surface area contributed by atoms with Gasteiger partial charge in [-0.3, -0.25) is 0 Å². The van der Waals surface area contributed by atoms with Crippen molar-refractivity contribution in [3.05, 3.63) is 0 Å². The van der Waals surface area contributed by atoms with Crippen LogP contribution in [-0.2, 0) is 4.74 Å². The summed E-state index contributed by atoms with van der Waals surface area (Å²) in [6, 6.07) is 0. The van der Waals surface area contributed by atoms with Crippen LogP contribution in [-0.4, -0.2) is 33.1 Å². The Labute approximate surface area is 99.3 Å². The van der Waals surface area contributed by atoms with Crippen molar-refractivity contribution in [1.29, 1.82) is 0 Å². The minimum Gasteiger partial charge on any atom is -0.444 e. The van der Waals surface area contributed by atoms with Gasteiger partial charge in [0.1, 0.15) is 5.60 Å². The van der Waals surface area contributed by atoms with E-state index in [0.717, 1.165) is 17.4 Å². The Morgan fingerprint density at radius 2 is 2.14 bits per heavy atom. The van der Waals surface area contributed by atoms with Crippen molar-refractivity contribution in [3.8, 4) is 0 Å². The molecule has 4 heteroatoms. The maximum Gasteiger partial charge on any atom is 0.410 e. The van der Waals surface area contributed by atoms with Gasteiger partial charge in [0.2, 0.25) is 0 Å². The molecule has 0 saturated carbocycles. The van der Waals surface area contributed by atoms with Crippen molar-refractivity contribution >= 4 is 28.7 Å². The van der Waals surface area contributed by atoms with E-state index in [1.807, 2.05) is 25.7 Å². The molecule has 0 aliphatic carbocycles. The average Bonchev–Trinajstić information content (AvgIpc) is 1.97. The van der Waals surface area contributed by atoms with E-state index in [-0.39, 0.29) is 11.6 Å². The zero-order valence-corrected chi connectivity index (χ0v) is 11.4. The van der Waals surface area contributed by atoms with Crippen LogP contribution in [0.15, 0.2) is 0 Å². The zero-order chi connectivity index (χ0) is 11.0. The van der Waals surface area contributed by atoms with Crippen LogP contribution in [0.5, 0.6) is 0 Å². The van der Waals surface area contributed by atoms with Crippen molar-refractivity contribution in [2.24, 2.45) is 0 Å². The molecule has 1 heterocycles. The van der Waals surface area contributed by atoms with Crippen LogP contribution in [0.1, 0.15) is 34.1 Å². The van der Waals surface area contributed by atoms with Gasteiger partial charge in [0.25, 0.3) is 0 Å². The Hall–Kier alpha value is 0.